The zero-order chi connectivity index (χ0) is 21.7. The quantitative estimate of drug-likeness (QED) is 0.652. The molecular weight excluding hydrogens is 404 g/mol. The van der Waals surface area contributed by atoms with Crippen LogP contribution in [-0.4, -0.2) is 60.3 Å². The molecule has 2 amide bonds. The minimum atomic E-state index is -0.461. The Kier molecular flexibility index (Phi) is 7.61. The molecule has 2 aromatic rings. The lowest BCUT2D eigenvalue weighted by Crippen LogP contribution is -2.52. The molecule has 0 unspecified atom stereocenters. The third-order valence-electron chi connectivity index (χ3n) is 5.58. The SMILES string of the molecule is COC(=O)NCCCn1c(C(=O)N(C(C)C)[C@@H]2CCCNC2)c(Cl)c2ccccc21. The van der Waals surface area contributed by atoms with Crippen molar-refractivity contribution >= 4 is 34.5 Å². The van der Waals surface area contributed by atoms with Gasteiger partial charge in [0.2, 0.25) is 0 Å². The van der Waals surface area contributed by atoms with Gasteiger partial charge in [-0.2, -0.15) is 0 Å². The van der Waals surface area contributed by atoms with E-state index in [2.05, 4.69) is 15.4 Å². The number of carbonyl (C=O) groups is 2. The molecule has 0 aliphatic carbocycles. The highest BCUT2D eigenvalue weighted by atomic mass is 35.5. The number of hydrogen-bond acceptors (Lipinski definition) is 4. The van der Waals surface area contributed by atoms with E-state index < -0.39 is 6.09 Å². The summed E-state index contributed by atoms with van der Waals surface area (Å²) < 4.78 is 6.61. The van der Waals surface area contributed by atoms with E-state index in [1.165, 1.54) is 7.11 Å². The first-order valence-corrected chi connectivity index (χ1v) is 11.0. The highest BCUT2D eigenvalue weighted by Crippen LogP contribution is 2.33. The van der Waals surface area contributed by atoms with E-state index in [-0.39, 0.29) is 18.0 Å². The van der Waals surface area contributed by atoms with Gasteiger partial charge < -0.3 is 24.8 Å². The molecule has 164 valence electrons. The number of rotatable bonds is 7. The maximum Gasteiger partial charge on any atom is 0.406 e. The lowest BCUT2D eigenvalue weighted by atomic mass is 10.0. The number of benzene rings is 1. The normalized spacial score (nSPS) is 16.6. The van der Waals surface area contributed by atoms with Crippen LogP contribution in [0.25, 0.3) is 10.9 Å². The summed E-state index contributed by atoms with van der Waals surface area (Å²) in [5.74, 6) is -0.0409. The van der Waals surface area contributed by atoms with Crippen molar-refractivity contribution in [3.8, 4) is 0 Å². The van der Waals surface area contributed by atoms with Gasteiger partial charge in [-0.15, -0.1) is 0 Å². The Morgan fingerprint density at radius 1 is 1.37 bits per heavy atom. The van der Waals surface area contributed by atoms with Gasteiger partial charge in [0.05, 0.1) is 17.6 Å². The van der Waals surface area contributed by atoms with Crippen LogP contribution in [0.1, 0.15) is 43.6 Å². The number of fused-ring (bicyclic) bond motifs is 1. The van der Waals surface area contributed by atoms with Crippen molar-refractivity contribution in [2.75, 3.05) is 26.7 Å². The van der Waals surface area contributed by atoms with Crippen molar-refractivity contribution in [1.82, 2.24) is 20.1 Å². The van der Waals surface area contributed by atoms with Crippen molar-refractivity contribution in [2.45, 2.75) is 51.7 Å². The van der Waals surface area contributed by atoms with Gasteiger partial charge in [-0.1, -0.05) is 29.8 Å². The summed E-state index contributed by atoms with van der Waals surface area (Å²) in [4.78, 5) is 27.1. The molecule has 0 spiro atoms. The monoisotopic (exact) mass is 434 g/mol. The summed E-state index contributed by atoms with van der Waals surface area (Å²) >= 11 is 6.76. The third kappa shape index (κ3) is 4.73. The van der Waals surface area contributed by atoms with E-state index in [1.54, 1.807) is 0 Å². The van der Waals surface area contributed by atoms with Crippen LogP contribution >= 0.6 is 11.6 Å². The summed E-state index contributed by atoms with van der Waals surface area (Å²) in [6.07, 6.45) is 2.23. The van der Waals surface area contributed by atoms with E-state index in [9.17, 15) is 9.59 Å². The second kappa shape index (κ2) is 10.2. The first-order chi connectivity index (χ1) is 14.5. The van der Waals surface area contributed by atoms with Gasteiger partial charge in [-0.05, 0) is 45.7 Å². The topological polar surface area (TPSA) is 75.6 Å². The summed E-state index contributed by atoms with van der Waals surface area (Å²) in [6.45, 7) is 6.90. The van der Waals surface area contributed by atoms with Gasteiger partial charge in [0, 0.05) is 37.1 Å². The molecule has 1 aromatic carbocycles. The highest BCUT2D eigenvalue weighted by molar-refractivity contribution is 6.38. The fourth-order valence-corrected chi connectivity index (χ4v) is 4.56. The van der Waals surface area contributed by atoms with Crippen LogP contribution in [0.2, 0.25) is 5.02 Å². The number of aromatic nitrogens is 1. The Morgan fingerprint density at radius 2 is 2.13 bits per heavy atom. The zero-order valence-electron chi connectivity index (χ0n) is 17.9. The first kappa shape index (κ1) is 22.4. The van der Waals surface area contributed by atoms with E-state index in [1.807, 2.05) is 47.6 Å². The minimum Gasteiger partial charge on any atom is -0.453 e. The molecular formula is C22H31ClN4O3. The fraction of sp³-hybridized carbons (Fsp3) is 0.545. The molecule has 1 saturated heterocycles. The second-order valence-corrected chi connectivity index (χ2v) is 8.29. The van der Waals surface area contributed by atoms with Crippen molar-refractivity contribution in [1.29, 1.82) is 0 Å². The van der Waals surface area contributed by atoms with E-state index in [4.69, 9.17) is 11.6 Å². The Bertz CT molecular complexity index is 890. The molecule has 8 heteroatoms. The van der Waals surface area contributed by atoms with Crippen molar-refractivity contribution in [2.24, 2.45) is 0 Å². The number of para-hydroxylation sites is 1. The molecule has 1 fully saturated rings. The predicted octanol–water partition coefficient (Wildman–Crippen LogP) is 3.64. The number of carbonyl (C=O) groups excluding carboxylic acids is 2. The number of alkyl carbamates (subject to hydrolysis) is 1. The molecule has 30 heavy (non-hydrogen) atoms. The van der Waals surface area contributed by atoms with Gasteiger partial charge in [-0.25, -0.2) is 4.79 Å². The lowest BCUT2D eigenvalue weighted by molar-refractivity contribution is 0.0562. The Balaban J connectivity index is 1.93. The number of amides is 2. The maximum absolute atomic E-state index is 13.8. The lowest BCUT2D eigenvalue weighted by Gasteiger charge is -2.38. The van der Waals surface area contributed by atoms with Gasteiger partial charge in [0.25, 0.3) is 5.91 Å². The van der Waals surface area contributed by atoms with Gasteiger partial charge in [0.15, 0.2) is 0 Å². The second-order valence-electron chi connectivity index (χ2n) is 7.91. The third-order valence-corrected chi connectivity index (χ3v) is 5.96. The fourth-order valence-electron chi connectivity index (χ4n) is 4.22. The number of aryl methyl sites for hydroxylation is 1. The van der Waals surface area contributed by atoms with Crippen LogP contribution in [0.3, 0.4) is 0 Å². The Labute approximate surface area is 182 Å². The van der Waals surface area contributed by atoms with Crippen molar-refractivity contribution < 1.29 is 14.3 Å². The molecule has 0 radical (unpaired) electrons. The number of piperidine rings is 1. The Hall–Kier alpha value is -2.25. The predicted molar refractivity (Wildman–Crippen MR) is 119 cm³/mol. The smallest absolute Gasteiger partial charge is 0.406 e. The number of nitrogens with zero attached hydrogens (tertiary/aromatic N) is 2. The average molecular weight is 435 g/mol. The Morgan fingerprint density at radius 3 is 2.80 bits per heavy atom. The number of ether oxygens (including phenoxy) is 1. The molecule has 1 aromatic heterocycles. The van der Waals surface area contributed by atoms with Crippen LogP contribution in [-0.2, 0) is 11.3 Å². The largest absolute Gasteiger partial charge is 0.453 e. The van der Waals surface area contributed by atoms with Crippen molar-refractivity contribution in [3.05, 3.63) is 35.0 Å². The van der Waals surface area contributed by atoms with Gasteiger partial charge >= 0.3 is 6.09 Å². The summed E-state index contributed by atoms with van der Waals surface area (Å²) in [6, 6.07) is 8.01. The zero-order valence-corrected chi connectivity index (χ0v) is 18.7. The van der Waals surface area contributed by atoms with Crippen LogP contribution in [0.5, 0.6) is 0 Å². The maximum atomic E-state index is 13.8. The van der Waals surface area contributed by atoms with E-state index >= 15 is 0 Å². The highest BCUT2D eigenvalue weighted by Gasteiger charge is 2.32. The van der Waals surface area contributed by atoms with Crippen LogP contribution < -0.4 is 10.6 Å². The molecule has 7 nitrogen and oxygen atoms in total. The molecule has 1 atom stereocenters. The summed E-state index contributed by atoms with van der Waals surface area (Å²) in [7, 11) is 1.34. The molecule has 1 aliphatic heterocycles. The van der Waals surface area contributed by atoms with Gasteiger partial charge in [0.1, 0.15) is 5.69 Å². The molecule has 2 heterocycles. The first-order valence-electron chi connectivity index (χ1n) is 10.6. The molecule has 2 N–H and O–H groups in total. The molecule has 0 bridgehead atoms. The number of halogens is 1. The minimum absolute atomic E-state index is 0.0409. The van der Waals surface area contributed by atoms with Crippen LogP contribution in [0.15, 0.2) is 24.3 Å². The van der Waals surface area contributed by atoms with Crippen molar-refractivity contribution in [3.63, 3.8) is 0 Å². The number of methoxy groups -OCH3 is 1. The number of hydrogen-bond donors (Lipinski definition) is 2. The number of nitrogens with one attached hydrogen (secondary N) is 2. The van der Waals surface area contributed by atoms with E-state index in [0.717, 1.165) is 36.8 Å². The van der Waals surface area contributed by atoms with Crippen LogP contribution in [0.4, 0.5) is 4.79 Å². The molecule has 0 saturated carbocycles. The van der Waals surface area contributed by atoms with E-state index in [0.29, 0.717) is 30.2 Å². The standard InChI is InChI=1S/C22H31ClN4O3/c1-15(2)27(16-8-6-11-24-14-16)21(28)20-19(23)17-9-4-5-10-18(17)26(20)13-7-12-25-22(29)30-3/h4-5,9-10,15-16,24H,6-8,11-14H2,1-3H3,(H,25,29)/t16-/m1/s1. The molecule has 3 rings (SSSR count). The molecule has 1 aliphatic rings. The average Bonchev–Trinajstić information content (AvgIpc) is 3.03. The van der Waals surface area contributed by atoms with Crippen LogP contribution in [0, 0.1) is 0 Å². The van der Waals surface area contributed by atoms with Gasteiger partial charge in [-0.3, -0.25) is 4.79 Å². The summed E-state index contributed by atoms with van der Waals surface area (Å²) in [5.41, 5.74) is 1.45. The summed E-state index contributed by atoms with van der Waals surface area (Å²) in [5, 5.41) is 7.45.